The largest absolute Gasteiger partial charge is 0.389 e. The highest BCUT2D eigenvalue weighted by atomic mass is 16.5. The number of ether oxygens (including phenoxy) is 1. The van der Waals surface area contributed by atoms with Crippen LogP contribution in [-0.2, 0) is 4.74 Å². The summed E-state index contributed by atoms with van der Waals surface area (Å²) in [6.45, 7) is 22.5. The molecule has 3 nitrogen and oxygen atoms in total. The topological polar surface area (TPSA) is 41.5 Å². The van der Waals surface area contributed by atoms with Crippen LogP contribution in [0.3, 0.4) is 0 Å². The van der Waals surface area contributed by atoms with E-state index in [1.807, 2.05) is 0 Å². The van der Waals surface area contributed by atoms with E-state index in [0.717, 1.165) is 37.0 Å². The minimum Gasteiger partial charge on any atom is -0.389 e. The smallest absolute Gasteiger partial charge is 0.131 e. The zero-order valence-corrected chi connectivity index (χ0v) is 24.1. The maximum absolute atomic E-state index is 12.2. The molecule has 1 heterocycles. The quantitative estimate of drug-likeness (QED) is 0.441. The predicted molar refractivity (Wildman–Crippen MR) is 142 cm³/mol. The molecule has 197 valence electrons. The summed E-state index contributed by atoms with van der Waals surface area (Å²) in [6.07, 6.45) is 12.0. The molecule has 1 unspecified atom stereocenters. The normalized spacial score (nSPS) is 53.8. The van der Waals surface area contributed by atoms with Gasteiger partial charge in [0.25, 0.3) is 0 Å². The monoisotopic (exact) mass is 482 g/mol. The van der Waals surface area contributed by atoms with Crippen LogP contribution in [0.2, 0.25) is 0 Å². The number of rotatable bonds is 2. The summed E-state index contributed by atoms with van der Waals surface area (Å²) in [6, 6.07) is 0. The Hall–Kier alpha value is -0.120. The summed E-state index contributed by atoms with van der Waals surface area (Å²) < 4.78 is 6.70. The van der Waals surface area contributed by atoms with Gasteiger partial charge < -0.3 is 15.2 Å². The lowest BCUT2D eigenvalue weighted by Gasteiger charge is -2.63. The van der Waals surface area contributed by atoms with Crippen molar-refractivity contribution in [2.45, 2.75) is 125 Å². The molecule has 0 bridgehead atoms. The van der Waals surface area contributed by atoms with E-state index in [1.165, 1.54) is 44.9 Å². The second kappa shape index (κ2) is 7.29. The molecule has 5 aliphatic carbocycles. The first-order chi connectivity index (χ1) is 16.1. The summed E-state index contributed by atoms with van der Waals surface area (Å²) in [5.74, 6) is 4.32. The average molecular weight is 483 g/mol. The molecule has 0 aromatic carbocycles. The third kappa shape index (κ3) is 2.96. The maximum Gasteiger partial charge on any atom is 0.131 e. The highest BCUT2D eigenvalue weighted by Crippen LogP contribution is 2.90. The van der Waals surface area contributed by atoms with E-state index in [4.69, 9.17) is 4.74 Å². The second-order valence-electron chi connectivity index (χ2n) is 16.1. The summed E-state index contributed by atoms with van der Waals surface area (Å²) in [5, 5.41) is 15.8. The Labute approximate surface area is 215 Å². The van der Waals surface area contributed by atoms with Gasteiger partial charge in [-0.2, -0.15) is 0 Å². The van der Waals surface area contributed by atoms with Crippen LogP contribution in [0.5, 0.6) is 0 Å². The third-order valence-corrected chi connectivity index (χ3v) is 13.5. The molecular formula is C32H52NO2. The Morgan fingerprint density at radius 2 is 1.74 bits per heavy atom. The van der Waals surface area contributed by atoms with Crippen molar-refractivity contribution in [3.05, 3.63) is 18.1 Å². The highest BCUT2D eigenvalue weighted by molar-refractivity contribution is 5.44. The number of hydrogen-bond acceptors (Lipinski definition) is 3. The molecule has 6 aliphatic rings. The van der Waals surface area contributed by atoms with Gasteiger partial charge in [0.15, 0.2) is 0 Å². The fourth-order valence-electron chi connectivity index (χ4n) is 11.2. The Bertz CT molecular complexity index is 877. The van der Waals surface area contributed by atoms with Crippen LogP contribution < -0.4 is 5.32 Å². The van der Waals surface area contributed by atoms with Gasteiger partial charge in [-0.25, -0.2) is 0 Å². The molecule has 1 aliphatic heterocycles. The zero-order valence-electron chi connectivity index (χ0n) is 24.1. The van der Waals surface area contributed by atoms with Crippen LogP contribution in [-0.4, -0.2) is 23.3 Å². The van der Waals surface area contributed by atoms with Crippen molar-refractivity contribution in [2.24, 2.45) is 50.7 Å². The van der Waals surface area contributed by atoms with Gasteiger partial charge in [0.1, 0.15) is 12.2 Å². The van der Waals surface area contributed by atoms with Crippen molar-refractivity contribution in [1.82, 2.24) is 5.32 Å². The minimum atomic E-state index is -0.471. The van der Waals surface area contributed by atoms with Crippen molar-refractivity contribution < 1.29 is 9.84 Å². The lowest BCUT2D eigenvalue weighted by Crippen LogP contribution is -2.58. The first kappa shape index (κ1) is 25.2. The molecule has 3 heteroatoms. The van der Waals surface area contributed by atoms with E-state index in [9.17, 15) is 5.11 Å². The Morgan fingerprint density at radius 3 is 2.43 bits per heavy atom. The van der Waals surface area contributed by atoms with Crippen LogP contribution in [0.25, 0.3) is 0 Å². The predicted octanol–water partition coefficient (Wildman–Crippen LogP) is 7.11. The van der Waals surface area contributed by atoms with Gasteiger partial charge in [0.05, 0.1) is 6.10 Å². The second-order valence-corrected chi connectivity index (χ2v) is 16.1. The molecular weight excluding hydrogens is 430 g/mol. The van der Waals surface area contributed by atoms with Gasteiger partial charge in [0, 0.05) is 23.4 Å². The Kier molecular flexibility index (Phi) is 5.24. The first-order valence-corrected chi connectivity index (χ1v) is 14.8. The van der Waals surface area contributed by atoms with E-state index < -0.39 is 6.10 Å². The minimum absolute atomic E-state index is 0.0633. The average Bonchev–Trinajstić information content (AvgIpc) is 3.40. The Balaban J connectivity index is 1.32. The number of aliphatic hydroxyl groups is 1. The highest BCUT2D eigenvalue weighted by Gasteiger charge is 2.84. The van der Waals surface area contributed by atoms with Crippen LogP contribution in [0.1, 0.15) is 114 Å². The molecule has 0 amide bonds. The molecule has 2 N–H and O–H groups in total. The summed E-state index contributed by atoms with van der Waals surface area (Å²) in [7, 11) is 0. The molecule has 35 heavy (non-hydrogen) atoms. The van der Waals surface area contributed by atoms with Crippen LogP contribution in [0.4, 0.5) is 0 Å². The standard InChI is InChI=1S/C32H52NO2/c1-19-16-21(17-33-27(3,4)5)35-25-24(19)29(8)14-15-32-18-31(32)13-12-20(2)28(6,7)22(31)10-11-23(32)30(29,9)26(25)34/h19-20,22,24,26,33-34H,10-18H2,1-9H3/t19-,20?,22+,24+,26+,29-,30-,31-,32+/m1/s1. The number of nitrogens with one attached hydrogen (secondary N) is 1. The van der Waals surface area contributed by atoms with Gasteiger partial charge in [-0.1, -0.05) is 41.5 Å². The van der Waals surface area contributed by atoms with Gasteiger partial charge in [-0.3, -0.25) is 0 Å². The molecule has 3 radical (unpaired) electrons. The van der Waals surface area contributed by atoms with Crippen molar-refractivity contribution in [2.75, 3.05) is 6.54 Å². The van der Waals surface area contributed by atoms with Gasteiger partial charge >= 0.3 is 0 Å². The lowest BCUT2D eigenvalue weighted by molar-refractivity contribution is -0.106. The van der Waals surface area contributed by atoms with Crippen LogP contribution in [0, 0.1) is 68.9 Å². The van der Waals surface area contributed by atoms with Gasteiger partial charge in [0.2, 0.25) is 0 Å². The van der Waals surface area contributed by atoms with Crippen molar-refractivity contribution in [3.63, 3.8) is 0 Å². The summed E-state index contributed by atoms with van der Waals surface area (Å²) >= 11 is 0. The fourth-order valence-corrected chi connectivity index (χ4v) is 11.2. The molecule has 0 aromatic heterocycles. The number of aliphatic hydroxyl groups excluding tert-OH is 1. The van der Waals surface area contributed by atoms with Gasteiger partial charge in [-0.15, -0.1) is 0 Å². The van der Waals surface area contributed by atoms with Gasteiger partial charge in [-0.05, 0) is 117 Å². The number of fused-ring (bicyclic) bond motifs is 4. The third-order valence-electron chi connectivity index (χ3n) is 13.5. The van der Waals surface area contributed by atoms with Crippen molar-refractivity contribution >= 4 is 0 Å². The van der Waals surface area contributed by atoms with Crippen LogP contribution >= 0.6 is 0 Å². The zero-order chi connectivity index (χ0) is 25.4. The lowest BCUT2D eigenvalue weighted by atomic mass is 9.41. The first-order valence-electron chi connectivity index (χ1n) is 14.8. The van der Waals surface area contributed by atoms with E-state index in [-0.39, 0.29) is 16.4 Å². The Morgan fingerprint density at radius 1 is 1.03 bits per heavy atom. The van der Waals surface area contributed by atoms with Crippen molar-refractivity contribution in [3.8, 4) is 0 Å². The number of hydrogen-bond donors (Lipinski definition) is 2. The molecule has 5 saturated carbocycles. The summed E-state index contributed by atoms with van der Waals surface area (Å²) in [5.41, 5.74) is 1.34. The van der Waals surface area contributed by atoms with Crippen molar-refractivity contribution in [1.29, 1.82) is 0 Å². The van der Waals surface area contributed by atoms with E-state index in [1.54, 1.807) is 5.92 Å². The van der Waals surface area contributed by atoms with E-state index in [2.05, 4.69) is 67.6 Å². The molecule has 1 saturated heterocycles. The SMILES string of the molecule is CC1CC[C@]23C[C@]24CC[C@]2(C)[C@@H]5[C](O[C](CNC(C)(C)C)C[C@H]5C)[C@H](O)[C@@]2(C)[C]4CC[C@H]3C1(C)C. The molecule has 6 fully saturated rings. The van der Waals surface area contributed by atoms with E-state index >= 15 is 0 Å². The fraction of sp³-hybridized carbons (Fsp3) is 0.906. The molecule has 0 aromatic rings. The molecule has 9 atom stereocenters. The molecule has 2 spiro atoms. The summed E-state index contributed by atoms with van der Waals surface area (Å²) in [4.78, 5) is 0. The maximum atomic E-state index is 12.2. The van der Waals surface area contributed by atoms with E-state index in [0.29, 0.717) is 28.1 Å². The molecule has 6 rings (SSSR count). The van der Waals surface area contributed by atoms with Crippen LogP contribution in [0.15, 0.2) is 0 Å².